The lowest BCUT2D eigenvalue weighted by Gasteiger charge is -2.27. The lowest BCUT2D eigenvalue weighted by molar-refractivity contribution is 0.741. The summed E-state index contributed by atoms with van der Waals surface area (Å²) < 4.78 is 0. The fourth-order valence-corrected chi connectivity index (χ4v) is 2.34. The molecule has 0 aliphatic carbocycles. The molecule has 1 atom stereocenters. The number of anilines is 1. The fourth-order valence-electron chi connectivity index (χ4n) is 2.34. The van der Waals surface area contributed by atoms with Gasteiger partial charge in [0.05, 0.1) is 6.07 Å². The minimum atomic E-state index is -0.155. The first-order valence-corrected chi connectivity index (χ1v) is 6.88. The maximum absolute atomic E-state index is 9.28. The second-order valence-corrected chi connectivity index (χ2v) is 5.26. The Morgan fingerprint density at radius 3 is 2.30 bits per heavy atom. The van der Waals surface area contributed by atoms with E-state index in [2.05, 4.69) is 67.3 Å². The van der Waals surface area contributed by atoms with Crippen LogP contribution in [-0.4, -0.2) is 6.04 Å². The topological polar surface area (TPSA) is 27.0 Å². The van der Waals surface area contributed by atoms with Crippen LogP contribution in [0.5, 0.6) is 0 Å². The summed E-state index contributed by atoms with van der Waals surface area (Å²) in [4.78, 5) is 2.14. The molecule has 102 valence electrons. The Labute approximate surface area is 121 Å². The first-order chi connectivity index (χ1) is 9.60. The molecule has 0 aliphatic heterocycles. The molecule has 0 radical (unpaired) electrons. The second-order valence-electron chi connectivity index (χ2n) is 5.26. The Morgan fingerprint density at radius 2 is 1.70 bits per heavy atom. The van der Waals surface area contributed by atoms with Gasteiger partial charge in [-0.25, -0.2) is 0 Å². The van der Waals surface area contributed by atoms with Gasteiger partial charge in [0, 0.05) is 12.2 Å². The van der Waals surface area contributed by atoms with Crippen molar-refractivity contribution >= 4 is 5.69 Å². The van der Waals surface area contributed by atoms with E-state index in [0.717, 1.165) is 12.2 Å². The van der Waals surface area contributed by atoms with E-state index in [0.29, 0.717) is 0 Å². The van der Waals surface area contributed by atoms with E-state index in [4.69, 9.17) is 0 Å². The van der Waals surface area contributed by atoms with Gasteiger partial charge in [-0.3, -0.25) is 0 Å². The molecule has 0 saturated heterocycles. The van der Waals surface area contributed by atoms with Crippen molar-refractivity contribution in [3.05, 3.63) is 65.2 Å². The van der Waals surface area contributed by atoms with Crippen molar-refractivity contribution in [1.29, 1.82) is 5.26 Å². The zero-order valence-electron chi connectivity index (χ0n) is 12.3. The van der Waals surface area contributed by atoms with Crippen LogP contribution in [0.15, 0.2) is 48.5 Å². The summed E-state index contributed by atoms with van der Waals surface area (Å²) in [6.45, 7) is 6.86. The van der Waals surface area contributed by atoms with Crippen LogP contribution in [0.1, 0.15) is 23.6 Å². The number of nitriles is 1. The van der Waals surface area contributed by atoms with E-state index in [1.54, 1.807) is 0 Å². The SMILES string of the molecule is Cc1cccc(CN(c2cccc(C)c2)C(C)C#N)c1. The number of rotatable bonds is 4. The van der Waals surface area contributed by atoms with Crippen molar-refractivity contribution in [1.82, 2.24) is 0 Å². The molecule has 0 N–H and O–H groups in total. The number of aryl methyl sites for hydroxylation is 2. The Kier molecular flexibility index (Phi) is 4.42. The summed E-state index contributed by atoms with van der Waals surface area (Å²) in [6.07, 6.45) is 0. The third-order valence-electron chi connectivity index (χ3n) is 3.42. The lowest BCUT2D eigenvalue weighted by atomic mass is 10.1. The van der Waals surface area contributed by atoms with Gasteiger partial charge in [0.25, 0.3) is 0 Å². The van der Waals surface area contributed by atoms with Crippen LogP contribution in [0.2, 0.25) is 0 Å². The molecule has 2 rings (SSSR count). The van der Waals surface area contributed by atoms with Gasteiger partial charge in [-0.1, -0.05) is 42.0 Å². The van der Waals surface area contributed by atoms with Gasteiger partial charge in [-0.2, -0.15) is 5.26 Å². The van der Waals surface area contributed by atoms with Crippen molar-refractivity contribution in [2.24, 2.45) is 0 Å². The Hall–Kier alpha value is -2.27. The van der Waals surface area contributed by atoms with E-state index in [-0.39, 0.29) is 6.04 Å². The van der Waals surface area contributed by atoms with Crippen molar-refractivity contribution in [3.63, 3.8) is 0 Å². The van der Waals surface area contributed by atoms with Crippen molar-refractivity contribution in [2.75, 3.05) is 4.90 Å². The van der Waals surface area contributed by atoms with Crippen molar-refractivity contribution in [2.45, 2.75) is 33.4 Å². The minimum absolute atomic E-state index is 0.155. The quantitative estimate of drug-likeness (QED) is 0.826. The van der Waals surface area contributed by atoms with Gasteiger partial charge in [0.1, 0.15) is 6.04 Å². The maximum Gasteiger partial charge on any atom is 0.114 e. The van der Waals surface area contributed by atoms with Crippen LogP contribution in [0.25, 0.3) is 0 Å². The molecule has 0 saturated carbocycles. The number of hydrogen-bond acceptors (Lipinski definition) is 2. The zero-order valence-corrected chi connectivity index (χ0v) is 12.3. The maximum atomic E-state index is 9.28. The third-order valence-corrected chi connectivity index (χ3v) is 3.42. The third kappa shape index (κ3) is 3.39. The van der Waals surface area contributed by atoms with Gasteiger partial charge in [0.2, 0.25) is 0 Å². The van der Waals surface area contributed by atoms with Crippen LogP contribution < -0.4 is 4.90 Å². The molecule has 0 fully saturated rings. The lowest BCUT2D eigenvalue weighted by Crippen LogP contribution is -2.31. The van der Waals surface area contributed by atoms with Gasteiger partial charge in [-0.05, 0) is 44.0 Å². The summed E-state index contributed by atoms with van der Waals surface area (Å²) in [7, 11) is 0. The highest BCUT2D eigenvalue weighted by atomic mass is 15.2. The number of hydrogen-bond donors (Lipinski definition) is 0. The average molecular weight is 264 g/mol. The van der Waals surface area contributed by atoms with E-state index in [1.165, 1.54) is 16.7 Å². The monoisotopic (exact) mass is 264 g/mol. The fraction of sp³-hybridized carbons (Fsp3) is 0.278. The highest BCUT2D eigenvalue weighted by Crippen LogP contribution is 2.21. The molecular weight excluding hydrogens is 244 g/mol. The normalized spacial score (nSPS) is 11.7. The molecule has 0 aromatic heterocycles. The molecule has 2 aromatic carbocycles. The molecular formula is C18H20N2. The highest BCUT2D eigenvalue weighted by Gasteiger charge is 2.14. The highest BCUT2D eigenvalue weighted by molar-refractivity contribution is 5.51. The van der Waals surface area contributed by atoms with Crippen LogP contribution in [0, 0.1) is 25.2 Å². The molecule has 0 bridgehead atoms. The first-order valence-electron chi connectivity index (χ1n) is 6.88. The van der Waals surface area contributed by atoms with Gasteiger partial charge < -0.3 is 4.90 Å². The standard InChI is InChI=1S/C18H20N2/c1-14-6-4-8-17(10-14)13-20(16(3)12-19)18-9-5-7-15(2)11-18/h4-11,16H,13H2,1-3H3. The molecule has 0 aliphatic rings. The van der Waals surface area contributed by atoms with Crippen LogP contribution in [0.4, 0.5) is 5.69 Å². The number of benzene rings is 2. The molecule has 0 amide bonds. The zero-order chi connectivity index (χ0) is 14.5. The predicted molar refractivity (Wildman–Crippen MR) is 83.6 cm³/mol. The van der Waals surface area contributed by atoms with Crippen molar-refractivity contribution in [3.8, 4) is 6.07 Å². The molecule has 0 spiro atoms. The summed E-state index contributed by atoms with van der Waals surface area (Å²) in [5.74, 6) is 0. The van der Waals surface area contributed by atoms with Crippen LogP contribution in [0.3, 0.4) is 0 Å². The van der Waals surface area contributed by atoms with E-state index >= 15 is 0 Å². The molecule has 2 aromatic rings. The average Bonchev–Trinajstić information content (AvgIpc) is 2.44. The molecule has 20 heavy (non-hydrogen) atoms. The second kappa shape index (κ2) is 6.25. The van der Waals surface area contributed by atoms with E-state index in [9.17, 15) is 5.26 Å². The smallest absolute Gasteiger partial charge is 0.114 e. The van der Waals surface area contributed by atoms with Crippen LogP contribution >= 0.6 is 0 Å². The summed E-state index contributed by atoms with van der Waals surface area (Å²) in [5, 5.41) is 9.28. The Morgan fingerprint density at radius 1 is 1.05 bits per heavy atom. The predicted octanol–water partition coefficient (Wildman–Crippen LogP) is 4.22. The molecule has 0 heterocycles. The van der Waals surface area contributed by atoms with E-state index < -0.39 is 0 Å². The van der Waals surface area contributed by atoms with Gasteiger partial charge >= 0.3 is 0 Å². The first kappa shape index (κ1) is 14.1. The summed E-state index contributed by atoms with van der Waals surface area (Å²) in [6, 6.07) is 18.9. The largest absolute Gasteiger partial charge is 0.351 e. The number of nitrogens with zero attached hydrogens (tertiary/aromatic N) is 2. The Balaban J connectivity index is 2.32. The minimum Gasteiger partial charge on any atom is -0.351 e. The molecule has 2 heteroatoms. The summed E-state index contributed by atoms with van der Waals surface area (Å²) >= 11 is 0. The molecule has 1 unspecified atom stereocenters. The Bertz CT molecular complexity index is 625. The van der Waals surface area contributed by atoms with Gasteiger partial charge in [0.15, 0.2) is 0 Å². The van der Waals surface area contributed by atoms with Gasteiger partial charge in [-0.15, -0.1) is 0 Å². The van der Waals surface area contributed by atoms with Crippen molar-refractivity contribution < 1.29 is 0 Å². The molecule has 2 nitrogen and oxygen atoms in total. The summed E-state index contributed by atoms with van der Waals surface area (Å²) in [5.41, 5.74) is 4.78. The van der Waals surface area contributed by atoms with Crippen LogP contribution in [-0.2, 0) is 6.54 Å². The van der Waals surface area contributed by atoms with E-state index in [1.807, 2.05) is 13.0 Å².